The summed E-state index contributed by atoms with van der Waals surface area (Å²) in [5.74, 6) is -2.68. The first-order chi connectivity index (χ1) is 27.3. The number of aryl methyl sites for hydroxylation is 1. The molecule has 1 aromatic heterocycles. The third-order valence-corrected chi connectivity index (χ3v) is 10.1. The van der Waals surface area contributed by atoms with Crippen molar-refractivity contribution in [2.75, 3.05) is 66.5 Å². The Hall–Kier alpha value is -6.27. The third-order valence-electron chi connectivity index (χ3n) is 10.1. The first-order valence-corrected chi connectivity index (χ1v) is 18.3. The number of rotatable bonds is 14. The van der Waals surface area contributed by atoms with Crippen LogP contribution in [0.25, 0.3) is 11.1 Å². The van der Waals surface area contributed by atoms with Crippen LogP contribution < -0.4 is 31.0 Å². The molecule has 302 valence electrons. The fourth-order valence-electron chi connectivity index (χ4n) is 7.55. The van der Waals surface area contributed by atoms with Gasteiger partial charge in [0, 0.05) is 68.2 Å². The maximum absolute atomic E-state index is 13.5. The number of benzene rings is 2. The van der Waals surface area contributed by atoms with E-state index in [-0.39, 0.29) is 74.4 Å². The van der Waals surface area contributed by atoms with E-state index in [0.717, 1.165) is 10.5 Å². The lowest BCUT2D eigenvalue weighted by Crippen LogP contribution is -2.54. The summed E-state index contributed by atoms with van der Waals surface area (Å²) < 4.78 is 18.5. The number of imide groups is 2. The predicted octanol–water partition coefficient (Wildman–Crippen LogP) is 1.35. The Morgan fingerprint density at radius 2 is 1.67 bits per heavy atom. The quantitative estimate of drug-likeness (QED) is 0.134. The number of piperidine rings is 1. The van der Waals surface area contributed by atoms with E-state index in [1.54, 1.807) is 37.5 Å². The standard InChI is InChI=1S/C39H45N7O11/c1-43(2)19-25-28(55-4)17-21(18-29(25)56-5)24-20-44(3)35(49)23-11-14-45(33(31(23)24)38(52)53)39(54)41-13-16-57-15-12-40-26-8-6-7-22-32(26)37(51)46(36(22)50)27-9-10-30(47)42-34(27)48/h6-8,17-18,20,27,33,40H,9-16,19H2,1-5H3,(H,41,54)(H,52,53)(H,42,47,48). The van der Waals surface area contributed by atoms with Crippen LogP contribution >= 0.6 is 0 Å². The van der Waals surface area contributed by atoms with E-state index in [1.165, 1.54) is 29.8 Å². The molecule has 4 heterocycles. The molecule has 0 aliphatic carbocycles. The molecule has 2 aromatic carbocycles. The normalized spacial score (nSPS) is 17.6. The van der Waals surface area contributed by atoms with Crippen molar-refractivity contribution in [2.24, 2.45) is 7.05 Å². The van der Waals surface area contributed by atoms with Gasteiger partial charge < -0.3 is 44.3 Å². The molecular formula is C39H45N7O11. The molecule has 0 spiro atoms. The Morgan fingerprint density at radius 1 is 0.965 bits per heavy atom. The number of ether oxygens (including phenoxy) is 3. The second-order valence-corrected chi connectivity index (χ2v) is 14.1. The molecule has 6 amide bonds. The SMILES string of the molecule is COc1cc(-c2cn(C)c(=O)c3c2C(C(=O)O)N(C(=O)NCCOCCNc2cccc4c2C(=O)N(C2CCC(=O)NC2=O)C4=O)CC3)cc(OC)c1CN(C)C. The second kappa shape index (κ2) is 16.8. The number of hydrogen-bond donors (Lipinski definition) is 4. The monoisotopic (exact) mass is 787 g/mol. The molecule has 57 heavy (non-hydrogen) atoms. The van der Waals surface area contributed by atoms with Crippen molar-refractivity contribution in [3.8, 4) is 22.6 Å². The van der Waals surface area contributed by atoms with Crippen molar-refractivity contribution in [1.82, 2.24) is 29.9 Å². The minimum Gasteiger partial charge on any atom is -0.496 e. The molecule has 6 rings (SSSR count). The Morgan fingerprint density at radius 3 is 2.32 bits per heavy atom. The van der Waals surface area contributed by atoms with Crippen molar-refractivity contribution in [2.45, 2.75) is 37.9 Å². The van der Waals surface area contributed by atoms with Crippen LogP contribution in [0.4, 0.5) is 10.5 Å². The van der Waals surface area contributed by atoms with Crippen LogP contribution in [0, 0.1) is 0 Å². The molecule has 3 aliphatic rings. The molecule has 0 radical (unpaired) electrons. The minimum atomic E-state index is -1.48. The summed E-state index contributed by atoms with van der Waals surface area (Å²) in [7, 11) is 8.46. The van der Waals surface area contributed by atoms with E-state index in [1.807, 2.05) is 19.0 Å². The van der Waals surface area contributed by atoms with Gasteiger partial charge in [-0.1, -0.05) is 6.07 Å². The number of urea groups is 1. The van der Waals surface area contributed by atoms with Crippen LogP contribution in [0.15, 0.2) is 41.3 Å². The van der Waals surface area contributed by atoms with E-state index in [4.69, 9.17) is 14.2 Å². The zero-order valence-corrected chi connectivity index (χ0v) is 32.3. The van der Waals surface area contributed by atoms with Gasteiger partial charge >= 0.3 is 12.0 Å². The summed E-state index contributed by atoms with van der Waals surface area (Å²) in [5.41, 5.74) is 2.58. The summed E-state index contributed by atoms with van der Waals surface area (Å²) in [6.07, 6.45) is 1.75. The van der Waals surface area contributed by atoms with Gasteiger partial charge in [-0.25, -0.2) is 9.59 Å². The van der Waals surface area contributed by atoms with E-state index in [2.05, 4.69) is 16.0 Å². The van der Waals surface area contributed by atoms with Crippen molar-refractivity contribution in [1.29, 1.82) is 0 Å². The van der Waals surface area contributed by atoms with E-state index in [9.17, 15) is 38.7 Å². The number of aliphatic carboxylic acids is 1. The number of nitrogens with zero attached hydrogens (tertiary/aromatic N) is 4. The minimum absolute atomic E-state index is 0.0135. The van der Waals surface area contributed by atoms with E-state index >= 15 is 0 Å². The van der Waals surface area contributed by atoms with E-state index < -0.39 is 47.7 Å². The third kappa shape index (κ3) is 7.90. The lowest BCUT2D eigenvalue weighted by Gasteiger charge is -2.36. The zero-order chi connectivity index (χ0) is 41.1. The number of methoxy groups -OCH3 is 2. The highest BCUT2D eigenvalue weighted by Gasteiger charge is 2.46. The maximum atomic E-state index is 13.5. The number of fused-ring (bicyclic) bond motifs is 2. The van der Waals surface area contributed by atoms with E-state index in [0.29, 0.717) is 40.4 Å². The Labute approximate surface area is 327 Å². The largest absolute Gasteiger partial charge is 0.496 e. The molecule has 0 bridgehead atoms. The van der Waals surface area contributed by atoms with Gasteiger partial charge in [-0.05, 0) is 56.8 Å². The first-order valence-electron chi connectivity index (χ1n) is 18.3. The highest BCUT2D eigenvalue weighted by Crippen LogP contribution is 2.41. The highest BCUT2D eigenvalue weighted by molar-refractivity contribution is 6.25. The lowest BCUT2D eigenvalue weighted by molar-refractivity contribution is -0.143. The summed E-state index contributed by atoms with van der Waals surface area (Å²) in [5, 5.41) is 18.5. The molecule has 3 aliphatic heterocycles. The molecule has 4 N–H and O–H groups in total. The highest BCUT2D eigenvalue weighted by atomic mass is 16.5. The molecule has 0 saturated carbocycles. The van der Waals surface area contributed by atoms with Crippen LogP contribution in [-0.4, -0.2) is 127 Å². The van der Waals surface area contributed by atoms with Crippen LogP contribution in [-0.2, 0) is 39.1 Å². The summed E-state index contributed by atoms with van der Waals surface area (Å²) >= 11 is 0. The van der Waals surface area contributed by atoms with Crippen LogP contribution in [0.3, 0.4) is 0 Å². The molecule has 18 heteroatoms. The smallest absolute Gasteiger partial charge is 0.331 e. The lowest BCUT2D eigenvalue weighted by atomic mass is 9.87. The van der Waals surface area contributed by atoms with Crippen LogP contribution in [0.2, 0.25) is 0 Å². The fourth-order valence-corrected chi connectivity index (χ4v) is 7.55. The molecular weight excluding hydrogens is 742 g/mol. The van der Waals surface area contributed by atoms with Crippen molar-refractivity contribution in [3.05, 3.63) is 74.7 Å². The summed E-state index contributed by atoms with van der Waals surface area (Å²) in [4.78, 5) is 94.3. The Balaban J connectivity index is 1.09. The average Bonchev–Trinajstić information content (AvgIpc) is 3.43. The number of pyridine rings is 1. The Bertz CT molecular complexity index is 2180. The van der Waals surface area contributed by atoms with Crippen molar-refractivity contribution in [3.63, 3.8) is 0 Å². The van der Waals surface area contributed by atoms with Gasteiger partial charge in [0.15, 0.2) is 6.04 Å². The number of carboxylic acid groups (broad SMARTS) is 1. The molecule has 1 saturated heterocycles. The molecule has 2 atom stereocenters. The number of carboxylic acids is 1. The van der Waals surface area contributed by atoms with Crippen LogP contribution in [0.5, 0.6) is 11.5 Å². The maximum Gasteiger partial charge on any atom is 0.331 e. The fraction of sp³-hybridized carbons (Fsp3) is 0.410. The number of carbonyl (C=O) groups is 6. The van der Waals surface area contributed by atoms with Gasteiger partial charge in [-0.2, -0.15) is 0 Å². The molecule has 18 nitrogen and oxygen atoms in total. The van der Waals surface area contributed by atoms with Crippen molar-refractivity contribution < 1.29 is 48.1 Å². The number of nitrogens with one attached hydrogen (secondary N) is 3. The number of amides is 6. The Kier molecular flexibility index (Phi) is 11.9. The number of carbonyl (C=O) groups excluding carboxylic acids is 5. The molecule has 3 aromatic rings. The number of hydrogen-bond acceptors (Lipinski definition) is 12. The molecule has 2 unspecified atom stereocenters. The first kappa shape index (κ1) is 40.4. The summed E-state index contributed by atoms with van der Waals surface area (Å²) in [6.45, 7) is 0.951. The van der Waals surface area contributed by atoms with Gasteiger partial charge in [0.05, 0.1) is 44.1 Å². The number of aromatic nitrogens is 1. The average molecular weight is 788 g/mol. The van der Waals surface area contributed by atoms with Gasteiger partial charge in [0.25, 0.3) is 17.4 Å². The zero-order valence-electron chi connectivity index (χ0n) is 32.3. The molecule has 1 fully saturated rings. The van der Waals surface area contributed by atoms with Gasteiger partial charge in [-0.15, -0.1) is 0 Å². The predicted molar refractivity (Wildman–Crippen MR) is 204 cm³/mol. The van der Waals surface area contributed by atoms with Gasteiger partial charge in [0.1, 0.15) is 17.5 Å². The second-order valence-electron chi connectivity index (χ2n) is 14.1. The van der Waals surface area contributed by atoms with Gasteiger partial charge in [-0.3, -0.25) is 34.2 Å². The summed E-state index contributed by atoms with van der Waals surface area (Å²) in [6, 6.07) is 5.06. The van der Waals surface area contributed by atoms with Crippen molar-refractivity contribution >= 4 is 41.3 Å². The van der Waals surface area contributed by atoms with Crippen LogP contribution in [0.1, 0.15) is 56.3 Å². The topological polar surface area (TPSA) is 218 Å². The van der Waals surface area contributed by atoms with Gasteiger partial charge in [0.2, 0.25) is 11.8 Å². The number of anilines is 1.